The largest absolute Gasteiger partial charge is 0.490 e. The van der Waals surface area contributed by atoms with E-state index in [0.29, 0.717) is 12.2 Å². The SMILES string of the molecule is COc1cccc(NCc2ncccc2C)c1[N+](=O)[O-]. The number of aryl methyl sites for hydroxylation is 1. The van der Waals surface area contributed by atoms with Crippen LogP contribution in [0, 0.1) is 17.0 Å². The van der Waals surface area contributed by atoms with Gasteiger partial charge in [0.25, 0.3) is 0 Å². The van der Waals surface area contributed by atoms with Crippen LogP contribution in [0.25, 0.3) is 0 Å². The molecule has 1 N–H and O–H groups in total. The van der Waals surface area contributed by atoms with Crippen molar-refractivity contribution < 1.29 is 9.66 Å². The van der Waals surface area contributed by atoms with Crippen molar-refractivity contribution >= 4 is 11.4 Å². The van der Waals surface area contributed by atoms with Gasteiger partial charge < -0.3 is 10.1 Å². The Morgan fingerprint density at radius 3 is 2.80 bits per heavy atom. The summed E-state index contributed by atoms with van der Waals surface area (Å²) < 4.78 is 5.03. The highest BCUT2D eigenvalue weighted by molar-refractivity contribution is 5.68. The molecule has 0 amide bonds. The van der Waals surface area contributed by atoms with Gasteiger partial charge in [-0.2, -0.15) is 0 Å². The fraction of sp³-hybridized carbons (Fsp3) is 0.214. The molecule has 0 saturated heterocycles. The lowest BCUT2D eigenvalue weighted by atomic mass is 10.2. The van der Waals surface area contributed by atoms with Crippen LogP contribution in [0.1, 0.15) is 11.3 Å². The number of nitro groups is 1. The number of hydrogen-bond donors (Lipinski definition) is 1. The first kappa shape index (κ1) is 13.8. The van der Waals surface area contributed by atoms with E-state index in [-0.39, 0.29) is 11.4 Å². The number of benzene rings is 1. The Hall–Kier alpha value is -2.63. The van der Waals surface area contributed by atoms with E-state index in [4.69, 9.17) is 4.74 Å². The van der Waals surface area contributed by atoms with Crippen molar-refractivity contribution in [1.29, 1.82) is 0 Å². The van der Waals surface area contributed by atoms with Crippen LogP contribution in [0.3, 0.4) is 0 Å². The van der Waals surface area contributed by atoms with Crippen molar-refractivity contribution in [3.05, 3.63) is 57.9 Å². The van der Waals surface area contributed by atoms with E-state index in [0.717, 1.165) is 11.3 Å². The molecular weight excluding hydrogens is 258 g/mol. The summed E-state index contributed by atoms with van der Waals surface area (Å²) in [6.07, 6.45) is 1.70. The summed E-state index contributed by atoms with van der Waals surface area (Å²) >= 11 is 0. The number of aromatic nitrogens is 1. The molecule has 1 heterocycles. The average Bonchev–Trinajstić information content (AvgIpc) is 2.45. The second-order valence-corrected chi connectivity index (χ2v) is 4.23. The third kappa shape index (κ3) is 2.85. The zero-order valence-electron chi connectivity index (χ0n) is 11.3. The van der Waals surface area contributed by atoms with Gasteiger partial charge >= 0.3 is 5.69 Å². The Morgan fingerprint density at radius 2 is 2.15 bits per heavy atom. The monoisotopic (exact) mass is 273 g/mol. The van der Waals surface area contributed by atoms with Crippen molar-refractivity contribution in [3.63, 3.8) is 0 Å². The van der Waals surface area contributed by atoms with Crippen LogP contribution in [-0.4, -0.2) is 17.0 Å². The van der Waals surface area contributed by atoms with E-state index in [9.17, 15) is 10.1 Å². The molecule has 104 valence electrons. The van der Waals surface area contributed by atoms with Crippen LogP contribution in [0.5, 0.6) is 5.75 Å². The van der Waals surface area contributed by atoms with Gasteiger partial charge in [-0.15, -0.1) is 0 Å². The molecule has 2 aromatic rings. The molecule has 0 fully saturated rings. The fourth-order valence-electron chi connectivity index (χ4n) is 1.90. The van der Waals surface area contributed by atoms with Gasteiger partial charge in [-0.25, -0.2) is 0 Å². The molecule has 2 rings (SSSR count). The number of rotatable bonds is 5. The van der Waals surface area contributed by atoms with Crippen LogP contribution in [0.2, 0.25) is 0 Å². The Morgan fingerprint density at radius 1 is 1.35 bits per heavy atom. The minimum Gasteiger partial charge on any atom is -0.490 e. The lowest BCUT2D eigenvalue weighted by Crippen LogP contribution is -2.06. The van der Waals surface area contributed by atoms with Crippen molar-refractivity contribution in [3.8, 4) is 5.75 Å². The third-order valence-corrected chi connectivity index (χ3v) is 2.97. The van der Waals surface area contributed by atoms with E-state index in [2.05, 4.69) is 10.3 Å². The van der Waals surface area contributed by atoms with Gasteiger partial charge in [-0.1, -0.05) is 12.1 Å². The number of para-hydroxylation sites is 1. The molecule has 6 heteroatoms. The van der Waals surface area contributed by atoms with Crippen molar-refractivity contribution in [1.82, 2.24) is 4.98 Å². The average molecular weight is 273 g/mol. The molecule has 1 aromatic heterocycles. The maximum atomic E-state index is 11.1. The Bertz CT molecular complexity index is 629. The lowest BCUT2D eigenvalue weighted by molar-refractivity contribution is -0.384. The number of nitro benzene ring substituents is 1. The van der Waals surface area contributed by atoms with E-state index in [1.165, 1.54) is 7.11 Å². The number of pyridine rings is 1. The number of nitrogens with one attached hydrogen (secondary N) is 1. The van der Waals surface area contributed by atoms with E-state index >= 15 is 0 Å². The molecule has 6 nitrogen and oxygen atoms in total. The molecular formula is C14H15N3O3. The van der Waals surface area contributed by atoms with E-state index in [1.54, 1.807) is 24.4 Å². The summed E-state index contributed by atoms with van der Waals surface area (Å²) in [4.78, 5) is 14.9. The van der Waals surface area contributed by atoms with Gasteiger partial charge in [0.15, 0.2) is 5.75 Å². The highest BCUT2D eigenvalue weighted by atomic mass is 16.6. The highest BCUT2D eigenvalue weighted by Crippen LogP contribution is 2.34. The number of anilines is 1. The first-order chi connectivity index (χ1) is 9.63. The first-order valence-electron chi connectivity index (χ1n) is 6.09. The fourth-order valence-corrected chi connectivity index (χ4v) is 1.90. The summed E-state index contributed by atoms with van der Waals surface area (Å²) in [6.45, 7) is 2.37. The van der Waals surface area contributed by atoms with Crippen LogP contribution >= 0.6 is 0 Å². The summed E-state index contributed by atoms with van der Waals surface area (Å²) in [6, 6.07) is 8.73. The first-order valence-corrected chi connectivity index (χ1v) is 6.09. The molecule has 0 spiro atoms. The van der Waals surface area contributed by atoms with Crippen LogP contribution in [0.15, 0.2) is 36.5 Å². The quantitative estimate of drug-likeness (QED) is 0.669. The second-order valence-electron chi connectivity index (χ2n) is 4.23. The zero-order valence-corrected chi connectivity index (χ0v) is 11.3. The Balaban J connectivity index is 2.26. The van der Waals surface area contributed by atoms with Crippen LogP contribution in [0.4, 0.5) is 11.4 Å². The minimum atomic E-state index is -0.452. The minimum absolute atomic E-state index is 0.0661. The molecule has 0 atom stereocenters. The van der Waals surface area contributed by atoms with Crippen molar-refractivity contribution in [2.75, 3.05) is 12.4 Å². The molecule has 0 unspecified atom stereocenters. The second kappa shape index (κ2) is 6.01. The summed E-state index contributed by atoms with van der Waals surface area (Å²) in [5.74, 6) is 0.234. The van der Waals surface area contributed by atoms with Gasteiger partial charge in [-0.05, 0) is 30.7 Å². The molecule has 0 saturated carbocycles. The lowest BCUT2D eigenvalue weighted by Gasteiger charge is -2.10. The predicted octanol–water partition coefficient (Wildman–Crippen LogP) is 2.92. The number of hydrogen-bond acceptors (Lipinski definition) is 5. The van der Waals surface area contributed by atoms with Gasteiger partial charge in [-0.3, -0.25) is 15.1 Å². The molecule has 0 radical (unpaired) electrons. The highest BCUT2D eigenvalue weighted by Gasteiger charge is 2.20. The van der Waals surface area contributed by atoms with Crippen molar-refractivity contribution in [2.45, 2.75) is 13.5 Å². The topological polar surface area (TPSA) is 77.3 Å². The zero-order chi connectivity index (χ0) is 14.5. The summed E-state index contributed by atoms with van der Waals surface area (Å²) in [7, 11) is 1.41. The molecule has 0 aliphatic rings. The molecule has 20 heavy (non-hydrogen) atoms. The third-order valence-electron chi connectivity index (χ3n) is 2.97. The summed E-state index contributed by atoms with van der Waals surface area (Å²) in [5.41, 5.74) is 2.23. The standard InChI is InChI=1S/C14H15N3O3/c1-10-5-4-8-15-12(10)9-16-11-6-3-7-13(20-2)14(11)17(18)19/h3-8,16H,9H2,1-2H3. The number of ether oxygens (including phenoxy) is 1. The van der Waals surface area contributed by atoms with Gasteiger partial charge in [0.1, 0.15) is 5.69 Å². The maximum Gasteiger partial charge on any atom is 0.333 e. The van der Waals surface area contributed by atoms with E-state index in [1.807, 2.05) is 19.1 Å². The molecule has 0 bridgehead atoms. The van der Waals surface area contributed by atoms with Gasteiger partial charge in [0.2, 0.25) is 0 Å². The smallest absolute Gasteiger partial charge is 0.333 e. The van der Waals surface area contributed by atoms with Crippen LogP contribution in [-0.2, 0) is 6.54 Å². The van der Waals surface area contributed by atoms with Crippen LogP contribution < -0.4 is 10.1 Å². The van der Waals surface area contributed by atoms with Gasteiger partial charge in [0, 0.05) is 6.20 Å². The van der Waals surface area contributed by atoms with Crippen molar-refractivity contribution in [2.24, 2.45) is 0 Å². The molecule has 0 aliphatic carbocycles. The maximum absolute atomic E-state index is 11.1. The van der Waals surface area contributed by atoms with E-state index < -0.39 is 4.92 Å². The molecule has 0 aliphatic heterocycles. The normalized spacial score (nSPS) is 10.1. The van der Waals surface area contributed by atoms with Gasteiger partial charge in [0.05, 0.1) is 24.3 Å². The number of nitrogens with zero attached hydrogens (tertiary/aromatic N) is 2. The Labute approximate surface area is 116 Å². The predicted molar refractivity (Wildman–Crippen MR) is 75.9 cm³/mol. The Kier molecular flexibility index (Phi) is 4.14. The molecule has 1 aromatic carbocycles. The summed E-state index contributed by atoms with van der Waals surface area (Å²) in [5, 5.41) is 14.2. The number of methoxy groups -OCH3 is 1.